The molecule has 1 aromatic carbocycles. The van der Waals surface area contributed by atoms with Crippen LogP contribution in [-0.2, 0) is 6.54 Å². The number of aromatic nitrogens is 1. The number of benzene rings is 1. The average molecular weight is 315 g/mol. The summed E-state index contributed by atoms with van der Waals surface area (Å²) in [5, 5.41) is 0.446. The molecule has 0 bridgehead atoms. The number of fused-ring (bicyclic) bond motifs is 3. The molecule has 2 aromatic rings. The summed E-state index contributed by atoms with van der Waals surface area (Å²) >= 11 is 0. The molecule has 0 saturated carbocycles. The van der Waals surface area contributed by atoms with Crippen LogP contribution in [0.3, 0.4) is 0 Å². The number of H-pyrrole nitrogens is 1. The maximum Gasteiger partial charge on any atom is 0.255 e. The molecule has 122 valence electrons. The number of carbonyl (C=O) groups is 1. The number of rotatable bonds is 3. The van der Waals surface area contributed by atoms with Gasteiger partial charge in [-0.15, -0.1) is 0 Å². The molecule has 1 atom stereocenters. The van der Waals surface area contributed by atoms with Crippen molar-refractivity contribution >= 4 is 16.8 Å². The van der Waals surface area contributed by atoms with Crippen molar-refractivity contribution < 1.29 is 9.18 Å². The van der Waals surface area contributed by atoms with E-state index in [1.165, 1.54) is 6.20 Å². The van der Waals surface area contributed by atoms with Gasteiger partial charge in [-0.2, -0.15) is 0 Å². The lowest BCUT2D eigenvalue weighted by Crippen LogP contribution is -2.62. The summed E-state index contributed by atoms with van der Waals surface area (Å²) in [6, 6.07) is 4.58. The fourth-order valence-corrected chi connectivity index (χ4v) is 3.74. The van der Waals surface area contributed by atoms with Crippen LogP contribution >= 0.6 is 0 Å². The summed E-state index contributed by atoms with van der Waals surface area (Å²) in [6.07, 6.45) is 1.33. The Bertz CT molecular complexity index is 776. The van der Waals surface area contributed by atoms with E-state index in [1.54, 1.807) is 0 Å². The Kier molecular flexibility index (Phi) is 3.23. The van der Waals surface area contributed by atoms with Crippen molar-refractivity contribution in [2.75, 3.05) is 13.1 Å². The topological polar surface area (TPSA) is 39.3 Å². The maximum atomic E-state index is 14.0. The summed E-state index contributed by atoms with van der Waals surface area (Å²) in [5.74, 6) is 0.248. The van der Waals surface area contributed by atoms with E-state index < -0.39 is 0 Å². The molecule has 0 radical (unpaired) electrons. The second-order valence-electron chi connectivity index (χ2n) is 7.18. The lowest BCUT2D eigenvalue weighted by atomic mass is 9.97. The largest absolute Gasteiger partial charge is 0.359 e. The van der Waals surface area contributed by atoms with E-state index in [0.29, 0.717) is 35.0 Å². The third-order valence-electron chi connectivity index (χ3n) is 5.57. The van der Waals surface area contributed by atoms with Crippen molar-refractivity contribution in [2.24, 2.45) is 5.92 Å². The van der Waals surface area contributed by atoms with Crippen molar-refractivity contribution in [3.05, 3.63) is 35.3 Å². The van der Waals surface area contributed by atoms with Crippen LogP contribution in [0.15, 0.2) is 18.3 Å². The van der Waals surface area contributed by atoms with Crippen LogP contribution in [0.4, 0.5) is 4.39 Å². The molecule has 23 heavy (non-hydrogen) atoms. The van der Waals surface area contributed by atoms with Gasteiger partial charge in [-0.05, 0) is 24.5 Å². The Morgan fingerprint density at radius 3 is 2.70 bits per heavy atom. The van der Waals surface area contributed by atoms with E-state index >= 15 is 0 Å². The zero-order chi connectivity index (χ0) is 16.3. The minimum atomic E-state index is -0.337. The van der Waals surface area contributed by atoms with Crippen LogP contribution in [0.25, 0.3) is 10.9 Å². The number of carbonyl (C=O) groups excluding carboxylic acids is 1. The van der Waals surface area contributed by atoms with Gasteiger partial charge in [0.05, 0.1) is 11.6 Å². The number of amides is 1. The number of hydrogen-bond acceptors (Lipinski definition) is 2. The predicted octanol–water partition coefficient (Wildman–Crippen LogP) is 2.99. The first-order valence-corrected chi connectivity index (χ1v) is 8.31. The van der Waals surface area contributed by atoms with Gasteiger partial charge in [0.15, 0.2) is 0 Å². The van der Waals surface area contributed by atoms with E-state index in [9.17, 15) is 9.18 Å². The average Bonchev–Trinajstić information content (AvgIpc) is 2.99. The van der Waals surface area contributed by atoms with Crippen LogP contribution in [0.5, 0.6) is 0 Å². The van der Waals surface area contributed by atoms with Crippen molar-refractivity contribution in [1.82, 2.24) is 14.8 Å². The lowest BCUT2D eigenvalue weighted by molar-refractivity contribution is 0.00183. The van der Waals surface area contributed by atoms with Gasteiger partial charge in [-0.3, -0.25) is 9.69 Å². The first-order valence-electron chi connectivity index (χ1n) is 8.31. The highest BCUT2D eigenvalue weighted by Gasteiger charge is 2.41. The molecule has 0 unspecified atom stereocenters. The molecule has 1 aromatic heterocycles. The Hall–Kier alpha value is -1.88. The van der Waals surface area contributed by atoms with E-state index in [2.05, 4.69) is 30.7 Å². The van der Waals surface area contributed by atoms with E-state index in [-0.39, 0.29) is 17.8 Å². The minimum absolute atomic E-state index is 0.0223. The fourth-order valence-electron chi connectivity index (χ4n) is 3.74. The number of hydrogen-bond donors (Lipinski definition) is 1. The third-order valence-corrected chi connectivity index (χ3v) is 5.57. The number of likely N-dealkylation sites (tertiary alicyclic amines) is 1. The highest BCUT2D eigenvalue weighted by molar-refractivity contribution is 6.10. The molecule has 4 rings (SSSR count). The highest BCUT2D eigenvalue weighted by Crippen LogP contribution is 2.34. The molecular formula is C18H22FN3O. The zero-order valence-corrected chi connectivity index (χ0v) is 13.8. The number of nitrogens with zero attached hydrogens (tertiary/aromatic N) is 2. The third kappa shape index (κ3) is 2.10. The zero-order valence-electron chi connectivity index (χ0n) is 13.8. The quantitative estimate of drug-likeness (QED) is 0.946. The van der Waals surface area contributed by atoms with Crippen LogP contribution in [0.2, 0.25) is 0 Å². The van der Waals surface area contributed by atoms with Gasteiger partial charge in [-0.1, -0.05) is 19.9 Å². The molecule has 2 aliphatic heterocycles. The molecular weight excluding hydrogens is 293 g/mol. The van der Waals surface area contributed by atoms with Gasteiger partial charge in [-0.25, -0.2) is 4.39 Å². The predicted molar refractivity (Wildman–Crippen MR) is 87.8 cm³/mol. The van der Waals surface area contributed by atoms with Gasteiger partial charge in [0.2, 0.25) is 0 Å². The molecule has 3 heterocycles. The second kappa shape index (κ2) is 5.06. The lowest BCUT2D eigenvalue weighted by Gasteiger charge is -2.48. The summed E-state index contributed by atoms with van der Waals surface area (Å²) in [5.41, 5.74) is 2.19. The SMILES string of the molecule is CC(C)[C@H](C)N1CC(N2Cc3ccc4[nH]cc(F)c4c3C2=O)C1. The Labute approximate surface area is 135 Å². The summed E-state index contributed by atoms with van der Waals surface area (Å²) < 4.78 is 14.0. The van der Waals surface area contributed by atoms with Crippen LogP contribution in [-0.4, -0.2) is 45.9 Å². The molecule has 0 aliphatic carbocycles. The first kappa shape index (κ1) is 14.7. The molecule has 1 saturated heterocycles. The van der Waals surface area contributed by atoms with Gasteiger partial charge >= 0.3 is 0 Å². The standard InChI is InChI=1S/C18H22FN3O/c1-10(2)11(3)21-8-13(9-21)22-7-12-4-5-15-17(14(19)6-20-15)16(12)18(22)23/h4-6,10-11,13,20H,7-9H2,1-3H3/t11-/m0/s1. The molecule has 1 amide bonds. The van der Waals surface area contributed by atoms with Gasteiger partial charge in [0, 0.05) is 42.8 Å². The van der Waals surface area contributed by atoms with Gasteiger partial charge < -0.3 is 9.88 Å². The summed E-state index contributed by atoms with van der Waals surface area (Å²) in [6.45, 7) is 9.11. The van der Waals surface area contributed by atoms with Gasteiger partial charge in [0.1, 0.15) is 5.82 Å². The van der Waals surface area contributed by atoms with E-state index in [4.69, 9.17) is 0 Å². The van der Waals surface area contributed by atoms with Crippen LogP contribution in [0, 0.1) is 11.7 Å². The molecule has 1 N–H and O–H groups in total. The second-order valence-corrected chi connectivity index (χ2v) is 7.18. The number of halogens is 1. The Balaban J connectivity index is 1.57. The summed E-state index contributed by atoms with van der Waals surface area (Å²) in [7, 11) is 0. The van der Waals surface area contributed by atoms with E-state index in [1.807, 2.05) is 17.0 Å². The summed E-state index contributed by atoms with van der Waals surface area (Å²) in [4.78, 5) is 20.1. The maximum absolute atomic E-state index is 14.0. The monoisotopic (exact) mass is 315 g/mol. The Morgan fingerprint density at radius 2 is 2.00 bits per heavy atom. The first-order chi connectivity index (χ1) is 11.0. The number of nitrogens with one attached hydrogen (secondary N) is 1. The minimum Gasteiger partial charge on any atom is -0.359 e. The van der Waals surface area contributed by atoms with Crippen molar-refractivity contribution in [1.29, 1.82) is 0 Å². The smallest absolute Gasteiger partial charge is 0.255 e. The van der Waals surface area contributed by atoms with Gasteiger partial charge in [0.25, 0.3) is 5.91 Å². The normalized spacial score (nSPS) is 20.4. The van der Waals surface area contributed by atoms with Crippen LogP contribution < -0.4 is 0 Å². The van der Waals surface area contributed by atoms with E-state index in [0.717, 1.165) is 18.7 Å². The highest BCUT2D eigenvalue weighted by atomic mass is 19.1. The van der Waals surface area contributed by atoms with Crippen molar-refractivity contribution in [3.63, 3.8) is 0 Å². The molecule has 2 aliphatic rings. The number of aromatic amines is 1. The Morgan fingerprint density at radius 1 is 1.26 bits per heavy atom. The molecule has 0 spiro atoms. The molecule has 4 nitrogen and oxygen atoms in total. The fraction of sp³-hybridized carbons (Fsp3) is 0.500. The molecule has 1 fully saturated rings. The molecule has 5 heteroatoms. The van der Waals surface area contributed by atoms with Crippen LogP contribution in [0.1, 0.15) is 36.7 Å². The van der Waals surface area contributed by atoms with Crippen molar-refractivity contribution in [2.45, 2.75) is 39.4 Å². The van der Waals surface area contributed by atoms with Crippen molar-refractivity contribution in [3.8, 4) is 0 Å².